The van der Waals surface area contributed by atoms with Crippen molar-refractivity contribution in [2.75, 3.05) is 40.9 Å². The van der Waals surface area contributed by atoms with Gasteiger partial charge in [0.05, 0.1) is 39.9 Å². The third-order valence-electron chi connectivity index (χ3n) is 12.7. The molecule has 0 radical (unpaired) electrons. The number of quaternary nitrogens is 1. The number of rotatable bonds is 51. The van der Waals surface area contributed by atoms with Crippen LogP contribution in [0.3, 0.4) is 0 Å². The Morgan fingerprint density at radius 3 is 1.23 bits per heavy atom. The summed E-state index contributed by atoms with van der Waals surface area (Å²) in [5.41, 5.74) is 0. The fourth-order valence-corrected chi connectivity index (χ4v) is 9.01. The van der Waals surface area contributed by atoms with Crippen molar-refractivity contribution in [3.8, 4) is 0 Å². The third-order valence-corrected chi connectivity index (χ3v) is 13.6. The van der Waals surface area contributed by atoms with Crippen LogP contribution in [0.4, 0.5) is 0 Å². The summed E-state index contributed by atoms with van der Waals surface area (Å²) >= 11 is 0. The van der Waals surface area contributed by atoms with E-state index in [0.717, 1.165) is 44.9 Å². The second kappa shape index (κ2) is 47.1. The monoisotopic (exact) mass is 926 g/mol. The number of likely N-dealkylation sites (N-methyl/N-ethyl adjacent to an activating group) is 1. The summed E-state index contributed by atoms with van der Waals surface area (Å²) in [6.07, 6.45) is 59.3. The number of amides is 1. The van der Waals surface area contributed by atoms with Gasteiger partial charge in [0.25, 0.3) is 0 Å². The molecule has 0 bridgehead atoms. The number of carbonyl (C=O) groups is 1. The first-order chi connectivity index (χ1) is 31.0. The maximum absolute atomic E-state index is 12.8. The number of carbonyl (C=O) groups excluding carboxylic acids is 1. The molecule has 0 saturated carbocycles. The smallest absolute Gasteiger partial charge is 0.387 e. The summed E-state index contributed by atoms with van der Waals surface area (Å²) in [7, 11) is 1.58. The average Bonchev–Trinajstić information content (AvgIpc) is 3.25. The van der Waals surface area contributed by atoms with E-state index in [1.54, 1.807) is 6.08 Å². The molecular formula is C55H110N2O6P+. The molecule has 0 spiro atoms. The Hall–Kier alpha value is -1.02. The number of hydrogen-bond donors (Lipinski definition) is 3. The molecule has 3 N–H and O–H groups in total. The van der Waals surface area contributed by atoms with Crippen LogP contribution in [0, 0.1) is 0 Å². The van der Waals surface area contributed by atoms with Crippen LogP contribution in [-0.2, 0) is 18.4 Å². The van der Waals surface area contributed by atoms with Crippen molar-refractivity contribution in [3.05, 3.63) is 24.3 Å². The fraction of sp³-hybridized carbons (Fsp3) is 0.909. The third kappa shape index (κ3) is 48.9. The molecule has 8 nitrogen and oxygen atoms in total. The summed E-state index contributed by atoms with van der Waals surface area (Å²) < 4.78 is 23.4. The normalized spacial score (nSPS) is 14.2. The van der Waals surface area contributed by atoms with Crippen LogP contribution in [0.15, 0.2) is 24.3 Å². The molecule has 0 fully saturated rings. The Kier molecular flexibility index (Phi) is 46.3. The Bertz CT molecular complexity index is 1090. The molecule has 0 heterocycles. The number of aliphatic hydroxyl groups excluding tert-OH is 1. The molecular weight excluding hydrogens is 816 g/mol. The van der Waals surface area contributed by atoms with Gasteiger partial charge in [0, 0.05) is 6.42 Å². The van der Waals surface area contributed by atoms with Crippen molar-refractivity contribution in [2.24, 2.45) is 0 Å². The minimum absolute atomic E-state index is 0.0627. The highest BCUT2D eigenvalue weighted by Crippen LogP contribution is 2.43. The number of nitrogens with one attached hydrogen (secondary N) is 1. The number of allylic oxidation sites excluding steroid dienone is 3. The number of aliphatic hydroxyl groups is 1. The van der Waals surface area contributed by atoms with Crippen LogP contribution in [-0.4, -0.2) is 73.4 Å². The van der Waals surface area contributed by atoms with Gasteiger partial charge in [-0.25, -0.2) is 4.57 Å². The van der Waals surface area contributed by atoms with E-state index in [0.29, 0.717) is 17.4 Å². The van der Waals surface area contributed by atoms with Gasteiger partial charge in [-0.1, -0.05) is 244 Å². The average molecular weight is 926 g/mol. The minimum atomic E-state index is -4.32. The number of phosphoric acid groups is 1. The molecule has 0 aromatic carbocycles. The lowest BCUT2D eigenvalue weighted by Crippen LogP contribution is -2.45. The molecule has 0 aliphatic carbocycles. The highest BCUT2D eigenvalue weighted by molar-refractivity contribution is 7.47. The van der Waals surface area contributed by atoms with Gasteiger partial charge in [-0.15, -0.1) is 0 Å². The van der Waals surface area contributed by atoms with Crippen molar-refractivity contribution < 1.29 is 32.9 Å². The first-order valence-corrected chi connectivity index (χ1v) is 29.2. The van der Waals surface area contributed by atoms with Gasteiger partial charge in [0.2, 0.25) is 5.91 Å². The molecule has 0 aliphatic heterocycles. The van der Waals surface area contributed by atoms with Crippen LogP contribution in [0.25, 0.3) is 0 Å². The van der Waals surface area contributed by atoms with E-state index in [1.165, 1.54) is 205 Å². The lowest BCUT2D eigenvalue weighted by atomic mass is 10.0. The van der Waals surface area contributed by atoms with Crippen molar-refractivity contribution >= 4 is 13.7 Å². The fourth-order valence-electron chi connectivity index (χ4n) is 8.27. The van der Waals surface area contributed by atoms with Gasteiger partial charge in [-0.2, -0.15) is 0 Å². The van der Waals surface area contributed by atoms with E-state index in [1.807, 2.05) is 27.2 Å². The SMILES string of the molecule is CCCCC/C=C/C(O)C(COP(=O)(O)OCC[N+](C)(C)C)NC(=O)CCCCCCCCCCCCCCCCCCCCCCCCCCC/C=C\CCCCCCCCCC. The maximum atomic E-state index is 12.8. The lowest BCUT2D eigenvalue weighted by molar-refractivity contribution is -0.870. The van der Waals surface area contributed by atoms with E-state index in [4.69, 9.17) is 9.05 Å². The predicted molar refractivity (Wildman–Crippen MR) is 277 cm³/mol. The molecule has 0 aliphatic rings. The van der Waals surface area contributed by atoms with Crippen molar-refractivity contribution in [2.45, 2.75) is 283 Å². The van der Waals surface area contributed by atoms with Crippen LogP contribution >= 0.6 is 7.82 Å². The van der Waals surface area contributed by atoms with E-state index in [-0.39, 0.29) is 19.1 Å². The Balaban J connectivity index is 3.68. The summed E-state index contributed by atoms with van der Waals surface area (Å²) in [5, 5.41) is 13.6. The molecule has 380 valence electrons. The van der Waals surface area contributed by atoms with Crippen LogP contribution in [0.1, 0.15) is 271 Å². The number of phosphoric ester groups is 1. The zero-order valence-electron chi connectivity index (χ0n) is 43.3. The van der Waals surface area contributed by atoms with Crippen molar-refractivity contribution in [1.29, 1.82) is 0 Å². The highest BCUT2D eigenvalue weighted by atomic mass is 31.2. The molecule has 64 heavy (non-hydrogen) atoms. The van der Waals surface area contributed by atoms with Gasteiger partial charge in [-0.05, 0) is 44.9 Å². The Morgan fingerprint density at radius 1 is 0.516 bits per heavy atom. The van der Waals surface area contributed by atoms with Crippen LogP contribution in [0.5, 0.6) is 0 Å². The predicted octanol–water partition coefficient (Wildman–Crippen LogP) is 16.4. The zero-order chi connectivity index (χ0) is 47.1. The number of nitrogens with zero attached hydrogens (tertiary/aromatic N) is 1. The molecule has 0 aromatic heterocycles. The van der Waals surface area contributed by atoms with E-state index in [2.05, 4.69) is 31.3 Å². The van der Waals surface area contributed by atoms with Gasteiger partial charge in [0.1, 0.15) is 13.2 Å². The summed E-state index contributed by atoms with van der Waals surface area (Å²) in [4.78, 5) is 23.0. The second-order valence-electron chi connectivity index (χ2n) is 20.3. The molecule has 0 aromatic rings. The molecule has 1 amide bonds. The Labute approximate surface area is 398 Å². The first-order valence-electron chi connectivity index (χ1n) is 27.7. The minimum Gasteiger partial charge on any atom is -0.387 e. The maximum Gasteiger partial charge on any atom is 0.472 e. The van der Waals surface area contributed by atoms with Gasteiger partial charge in [0.15, 0.2) is 0 Å². The number of hydrogen-bond acceptors (Lipinski definition) is 5. The molecule has 0 saturated heterocycles. The highest BCUT2D eigenvalue weighted by Gasteiger charge is 2.27. The van der Waals surface area contributed by atoms with Crippen LogP contribution in [0.2, 0.25) is 0 Å². The summed E-state index contributed by atoms with van der Waals surface area (Å²) in [6.45, 7) is 4.72. The van der Waals surface area contributed by atoms with Gasteiger partial charge < -0.3 is 19.8 Å². The summed E-state index contributed by atoms with van der Waals surface area (Å²) in [5.74, 6) is -0.180. The van der Waals surface area contributed by atoms with Gasteiger partial charge in [-0.3, -0.25) is 13.8 Å². The molecule has 9 heteroatoms. The zero-order valence-corrected chi connectivity index (χ0v) is 44.2. The van der Waals surface area contributed by atoms with E-state index < -0.39 is 20.0 Å². The lowest BCUT2D eigenvalue weighted by Gasteiger charge is -2.25. The van der Waals surface area contributed by atoms with Crippen LogP contribution < -0.4 is 5.32 Å². The van der Waals surface area contributed by atoms with Crippen molar-refractivity contribution in [1.82, 2.24) is 5.32 Å². The first kappa shape index (κ1) is 63.0. The molecule has 3 unspecified atom stereocenters. The van der Waals surface area contributed by atoms with E-state index >= 15 is 0 Å². The second-order valence-corrected chi connectivity index (χ2v) is 21.8. The largest absolute Gasteiger partial charge is 0.472 e. The molecule has 0 rings (SSSR count). The number of unbranched alkanes of at least 4 members (excludes halogenated alkanes) is 36. The van der Waals surface area contributed by atoms with Crippen molar-refractivity contribution in [3.63, 3.8) is 0 Å². The molecule has 3 atom stereocenters. The quantitative estimate of drug-likeness (QED) is 0.0243. The Morgan fingerprint density at radius 2 is 0.844 bits per heavy atom. The van der Waals surface area contributed by atoms with Gasteiger partial charge >= 0.3 is 7.82 Å². The topological polar surface area (TPSA) is 105 Å². The summed E-state index contributed by atoms with van der Waals surface area (Å²) in [6, 6.07) is -0.839. The standard InChI is InChI=1S/C55H109N2O6P/c1-6-8-10-12-13-14-15-16-17-18-19-20-21-22-23-24-25-26-27-28-29-30-31-32-33-34-35-36-37-38-39-40-41-42-43-45-47-49-55(59)56-53(54(58)48-46-44-11-9-7-2)52-63-64(60,61)62-51-50-57(3,4)5/h18-19,46,48,53-54,58H,6-17,20-45,47,49-52H2,1-5H3,(H-,56,59,60,61)/p+1/b19-18-,48-46+. The van der Waals surface area contributed by atoms with E-state index in [9.17, 15) is 19.4 Å².